The molecule has 1 saturated carbocycles. The molecule has 2 rings (SSSR count). The Balaban J connectivity index is 2.08. The van der Waals surface area contributed by atoms with Crippen molar-refractivity contribution >= 4 is 0 Å². The van der Waals surface area contributed by atoms with Gasteiger partial charge in [-0.25, -0.2) is 5.10 Å². The first-order valence-corrected chi connectivity index (χ1v) is 4.54. The Bertz CT molecular complexity index is 354. The lowest BCUT2D eigenvalue weighted by molar-refractivity contribution is 0.677. The van der Waals surface area contributed by atoms with Gasteiger partial charge in [-0.15, -0.1) is 0 Å². The molecule has 4 heteroatoms. The van der Waals surface area contributed by atoms with Crippen LogP contribution in [0.25, 0.3) is 0 Å². The summed E-state index contributed by atoms with van der Waals surface area (Å²) in [5.74, 6) is 0. The summed E-state index contributed by atoms with van der Waals surface area (Å²) < 4.78 is 0. The van der Waals surface area contributed by atoms with Crippen molar-refractivity contribution in [3.05, 3.63) is 27.7 Å². The van der Waals surface area contributed by atoms with E-state index >= 15 is 0 Å². The fourth-order valence-corrected chi connectivity index (χ4v) is 1.23. The van der Waals surface area contributed by atoms with E-state index in [2.05, 4.69) is 15.5 Å². The number of hydrogen-bond acceptors (Lipinski definition) is 3. The first-order valence-electron chi connectivity index (χ1n) is 4.54. The molecule has 13 heavy (non-hydrogen) atoms. The molecular formula is C9H13N3O. The van der Waals surface area contributed by atoms with Gasteiger partial charge in [-0.2, -0.15) is 5.10 Å². The highest BCUT2D eigenvalue weighted by molar-refractivity contribution is 5.11. The lowest BCUT2D eigenvalue weighted by Gasteiger charge is -2.01. The first-order chi connectivity index (χ1) is 6.25. The SMILES string of the molecule is Cc1cc(CNC2CC2)c(=O)[nH]n1. The number of H-pyrrole nitrogens is 1. The van der Waals surface area contributed by atoms with Crippen LogP contribution in [0, 0.1) is 6.92 Å². The van der Waals surface area contributed by atoms with Crippen molar-refractivity contribution in [1.82, 2.24) is 15.5 Å². The zero-order chi connectivity index (χ0) is 9.26. The normalized spacial score (nSPS) is 16.1. The number of aromatic amines is 1. The van der Waals surface area contributed by atoms with Crippen molar-refractivity contribution in [2.24, 2.45) is 0 Å². The molecule has 1 heterocycles. The molecule has 0 aliphatic heterocycles. The number of hydrogen-bond donors (Lipinski definition) is 2. The molecule has 2 N–H and O–H groups in total. The van der Waals surface area contributed by atoms with Crippen LogP contribution in [0.2, 0.25) is 0 Å². The van der Waals surface area contributed by atoms with Gasteiger partial charge < -0.3 is 5.32 Å². The van der Waals surface area contributed by atoms with Gasteiger partial charge in [0.2, 0.25) is 0 Å². The summed E-state index contributed by atoms with van der Waals surface area (Å²) in [5, 5.41) is 9.58. The molecule has 1 aliphatic rings. The van der Waals surface area contributed by atoms with Gasteiger partial charge in [0.15, 0.2) is 0 Å². The van der Waals surface area contributed by atoms with Crippen molar-refractivity contribution in [2.45, 2.75) is 32.4 Å². The highest BCUT2D eigenvalue weighted by Gasteiger charge is 2.20. The zero-order valence-electron chi connectivity index (χ0n) is 7.63. The van der Waals surface area contributed by atoms with E-state index < -0.39 is 0 Å². The quantitative estimate of drug-likeness (QED) is 0.703. The molecule has 0 spiro atoms. The van der Waals surface area contributed by atoms with Crippen molar-refractivity contribution in [1.29, 1.82) is 0 Å². The van der Waals surface area contributed by atoms with Crippen LogP contribution in [-0.2, 0) is 6.54 Å². The molecule has 1 aromatic rings. The van der Waals surface area contributed by atoms with Crippen LogP contribution in [0.3, 0.4) is 0 Å². The average Bonchev–Trinajstić information content (AvgIpc) is 2.90. The second-order valence-corrected chi connectivity index (χ2v) is 3.52. The first kappa shape index (κ1) is 8.44. The van der Waals surface area contributed by atoms with Crippen LogP contribution in [0.15, 0.2) is 10.9 Å². The second kappa shape index (κ2) is 3.30. The molecule has 0 saturated heterocycles. The molecule has 0 unspecified atom stereocenters. The molecule has 1 aromatic heterocycles. The van der Waals surface area contributed by atoms with E-state index in [0.717, 1.165) is 11.3 Å². The summed E-state index contributed by atoms with van der Waals surface area (Å²) in [6.07, 6.45) is 2.48. The fourth-order valence-electron chi connectivity index (χ4n) is 1.23. The standard InChI is InChI=1S/C9H13N3O/c1-6-4-7(9(13)12-11-6)5-10-8-2-3-8/h4,8,10H,2-3,5H2,1H3,(H,12,13). The summed E-state index contributed by atoms with van der Waals surface area (Å²) in [4.78, 5) is 11.2. The van der Waals surface area contributed by atoms with E-state index in [4.69, 9.17) is 0 Å². The predicted octanol–water partition coefficient (Wildman–Crippen LogP) is 0.330. The lowest BCUT2D eigenvalue weighted by atomic mass is 10.2. The summed E-state index contributed by atoms with van der Waals surface area (Å²) in [7, 11) is 0. The van der Waals surface area contributed by atoms with Crippen molar-refractivity contribution in [3.8, 4) is 0 Å². The van der Waals surface area contributed by atoms with Crippen LogP contribution in [0.4, 0.5) is 0 Å². The minimum Gasteiger partial charge on any atom is -0.310 e. The lowest BCUT2D eigenvalue weighted by Crippen LogP contribution is -2.23. The molecular weight excluding hydrogens is 166 g/mol. The zero-order valence-corrected chi connectivity index (χ0v) is 7.63. The third-order valence-corrected chi connectivity index (χ3v) is 2.17. The Kier molecular flexibility index (Phi) is 2.14. The van der Waals surface area contributed by atoms with Crippen LogP contribution in [0.5, 0.6) is 0 Å². The second-order valence-electron chi connectivity index (χ2n) is 3.52. The summed E-state index contributed by atoms with van der Waals surface area (Å²) in [5.41, 5.74) is 1.55. The van der Waals surface area contributed by atoms with Gasteiger partial charge >= 0.3 is 0 Å². The fraction of sp³-hybridized carbons (Fsp3) is 0.556. The highest BCUT2D eigenvalue weighted by atomic mass is 16.1. The van der Waals surface area contributed by atoms with E-state index in [9.17, 15) is 4.79 Å². The number of nitrogens with zero attached hydrogens (tertiary/aromatic N) is 1. The van der Waals surface area contributed by atoms with E-state index in [1.54, 1.807) is 0 Å². The Morgan fingerprint density at radius 3 is 3.15 bits per heavy atom. The molecule has 1 fully saturated rings. The summed E-state index contributed by atoms with van der Waals surface area (Å²) >= 11 is 0. The van der Waals surface area contributed by atoms with Gasteiger partial charge in [0, 0.05) is 18.2 Å². The van der Waals surface area contributed by atoms with Gasteiger partial charge in [-0.05, 0) is 25.8 Å². The number of rotatable bonds is 3. The average molecular weight is 179 g/mol. The Morgan fingerprint density at radius 2 is 2.46 bits per heavy atom. The maximum Gasteiger partial charge on any atom is 0.268 e. The molecule has 0 bridgehead atoms. The number of nitrogens with one attached hydrogen (secondary N) is 2. The molecule has 4 nitrogen and oxygen atoms in total. The largest absolute Gasteiger partial charge is 0.310 e. The van der Waals surface area contributed by atoms with Gasteiger partial charge in [0.25, 0.3) is 5.56 Å². The third kappa shape index (κ3) is 2.15. The van der Waals surface area contributed by atoms with Gasteiger partial charge in [0.05, 0.1) is 5.69 Å². The van der Waals surface area contributed by atoms with Crippen LogP contribution in [-0.4, -0.2) is 16.2 Å². The molecule has 1 aliphatic carbocycles. The smallest absolute Gasteiger partial charge is 0.268 e. The van der Waals surface area contributed by atoms with E-state index in [1.165, 1.54) is 12.8 Å². The predicted molar refractivity (Wildman–Crippen MR) is 49.5 cm³/mol. The Morgan fingerprint density at radius 1 is 1.69 bits per heavy atom. The van der Waals surface area contributed by atoms with Gasteiger partial charge in [-0.1, -0.05) is 0 Å². The van der Waals surface area contributed by atoms with Crippen LogP contribution in [0.1, 0.15) is 24.1 Å². The van der Waals surface area contributed by atoms with Crippen molar-refractivity contribution in [2.75, 3.05) is 0 Å². The molecule has 0 atom stereocenters. The monoisotopic (exact) mass is 179 g/mol. The van der Waals surface area contributed by atoms with Crippen LogP contribution < -0.4 is 10.9 Å². The maximum atomic E-state index is 11.2. The minimum atomic E-state index is -0.0845. The van der Waals surface area contributed by atoms with Crippen LogP contribution >= 0.6 is 0 Å². The number of aromatic nitrogens is 2. The molecule has 0 aromatic carbocycles. The van der Waals surface area contributed by atoms with E-state index in [0.29, 0.717) is 12.6 Å². The van der Waals surface area contributed by atoms with E-state index in [1.807, 2.05) is 13.0 Å². The Hall–Kier alpha value is -1.16. The van der Waals surface area contributed by atoms with Gasteiger partial charge in [0.1, 0.15) is 0 Å². The van der Waals surface area contributed by atoms with Crippen molar-refractivity contribution in [3.63, 3.8) is 0 Å². The van der Waals surface area contributed by atoms with Crippen molar-refractivity contribution < 1.29 is 0 Å². The Labute approximate surface area is 76.4 Å². The summed E-state index contributed by atoms with van der Waals surface area (Å²) in [6.45, 7) is 2.53. The van der Waals surface area contributed by atoms with Gasteiger partial charge in [-0.3, -0.25) is 4.79 Å². The maximum absolute atomic E-state index is 11.2. The van der Waals surface area contributed by atoms with E-state index in [-0.39, 0.29) is 5.56 Å². The topological polar surface area (TPSA) is 57.8 Å². The highest BCUT2D eigenvalue weighted by Crippen LogP contribution is 2.18. The molecule has 0 radical (unpaired) electrons. The number of aryl methyl sites for hydroxylation is 1. The summed E-state index contributed by atoms with van der Waals surface area (Å²) in [6, 6.07) is 2.46. The molecule has 0 amide bonds. The third-order valence-electron chi connectivity index (χ3n) is 2.17. The molecule has 70 valence electrons. The minimum absolute atomic E-state index is 0.0845.